The predicted molar refractivity (Wildman–Crippen MR) is 223 cm³/mol. The van der Waals surface area contributed by atoms with Gasteiger partial charge in [0.05, 0.1) is 23.0 Å². The average Bonchev–Trinajstić information content (AvgIpc) is 3.83. The number of pyridine rings is 1. The quantitative estimate of drug-likeness (QED) is 0.134. The molecular weight excluding hydrogens is 902 g/mol. The maximum absolute atomic E-state index is 10.1. The summed E-state index contributed by atoms with van der Waals surface area (Å²) < 4.78 is 0. The molecule has 2 fully saturated rings. The van der Waals surface area contributed by atoms with Crippen molar-refractivity contribution in [3.63, 3.8) is 0 Å². The summed E-state index contributed by atoms with van der Waals surface area (Å²) in [7, 11) is 2.14. The number of aryl methyl sites for hydroxylation is 1. The predicted octanol–water partition coefficient (Wildman–Crippen LogP) is 10.6. The van der Waals surface area contributed by atoms with Gasteiger partial charge in [0.1, 0.15) is 5.69 Å². The fourth-order valence-electron chi connectivity index (χ4n) is 7.63. The number of hydrogen-bond acceptors (Lipinski definition) is 7. The van der Waals surface area contributed by atoms with Gasteiger partial charge in [-0.15, -0.1) is 6.54 Å². The second kappa shape index (κ2) is 17.7. The minimum absolute atomic E-state index is 0. The van der Waals surface area contributed by atoms with E-state index in [0.717, 1.165) is 82.2 Å². The molecular formula is C46H54CfN7-. The molecule has 0 saturated carbocycles. The van der Waals surface area contributed by atoms with Crippen LogP contribution in [-0.2, 0) is 13.0 Å². The van der Waals surface area contributed by atoms with E-state index in [1.54, 1.807) is 0 Å². The van der Waals surface area contributed by atoms with Crippen molar-refractivity contribution in [3.8, 4) is 17.2 Å². The molecule has 8 heteroatoms. The van der Waals surface area contributed by atoms with Gasteiger partial charge in [0.25, 0.3) is 0 Å². The zero-order valence-corrected chi connectivity index (χ0v) is 35.5. The first-order valence-electron chi connectivity index (χ1n) is 19.2. The molecule has 2 saturated heterocycles. The zero-order chi connectivity index (χ0) is 37.5. The van der Waals surface area contributed by atoms with Crippen molar-refractivity contribution in [1.82, 2.24) is 14.8 Å². The Bertz CT molecular complexity index is 2080. The van der Waals surface area contributed by atoms with Crippen molar-refractivity contribution in [2.45, 2.75) is 79.7 Å². The van der Waals surface area contributed by atoms with Crippen molar-refractivity contribution in [1.29, 1.82) is 5.26 Å². The van der Waals surface area contributed by atoms with E-state index < -0.39 is 0 Å². The molecule has 284 valence electrons. The van der Waals surface area contributed by atoms with Crippen molar-refractivity contribution in [2.24, 2.45) is 9.98 Å². The van der Waals surface area contributed by atoms with Crippen molar-refractivity contribution >= 4 is 41.4 Å². The zero-order valence-electron chi connectivity index (χ0n) is 32.8. The molecule has 54 heavy (non-hydrogen) atoms. The van der Waals surface area contributed by atoms with E-state index in [1.807, 2.05) is 12.3 Å². The number of benzene rings is 3. The van der Waals surface area contributed by atoms with E-state index in [9.17, 15) is 5.26 Å². The molecule has 0 atom stereocenters. The van der Waals surface area contributed by atoms with E-state index >= 15 is 0 Å². The summed E-state index contributed by atoms with van der Waals surface area (Å²) in [5.74, 6) is 0.686. The third kappa shape index (κ3) is 8.82. The van der Waals surface area contributed by atoms with E-state index in [1.165, 1.54) is 66.6 Å². The minimum Gasteiger partial charge on any atom is -0.338 e. The van der Waals surface area contributed by atoms with Crippen LogP contribution in [0.2, 0.25) is 0 Å². The van der Waals surface area contributed by atoms with Crippen LogP contribution in [0.3, 0.4) is 0 Å². The fraction of sp³-hybridized carbons (Fsp3) is 0.370. The number of anilines is 2. The molecule has 1 aromatic heterocycles. The van der Waals surface area contributed by atoms with Gasteiger partial charge in [-0.25, -0.2) is 4.98 Å². The Morgan fingerprint density at radius 2 is 1.80 bits per heavy atom. The molecule has 3 aliphatic rings. The van der Waals surface area contributed by atoms with Crippen molar-refractivity contribution in [3.05, 3.63) is 111 Å². The van der Waals surface area contributed by atoms with Crippen LogP contribution in [0.4, 0.5) is 22.9 Å². The SMILES string of the molecule is C=Nc1c(/C=C(/C)CC)ccnc1Nc1cccc(-c2cc(C)cc(C3=Nc4cc(CN5CCCCC5)cc(C#N)c4C3)c2C)c1C.CN1C[CH-]CC1.[Cf]. The number of allylic oxidation sites excluding steroid dienone is 1. The van der Waals surface area contributed by atoms with Gasteiger partial charge < -0.3 is 16.6 Å². The van der Waals surface area contributed by atoms with Crippen LogP contribution in [0, 0.1) is 38.5 Å². The molecule has 0 amide bonds. The average molecular weight is 956 g/mol. The molecule has 0 radical (unpaired) electrons. The third-order valence-corrected chi connectivity index (χ3v) is 10.8. The topological polar surface area (TPSA) is 79.9 Å². The molecule has 7 rings (SSSR count). The Hall–Kier alpha value is -5.90. The Morgan fingerprint density at radius 1 is 1.02 bits per heavy atom. The fourth-order valence-corrected chi connectivity index (χ4v) is 7.63. The van der Waals surface area contributed by atoms with Crippen LogP contribution in [0.5, 0.6) is 0 Å². The van der Waals surface area contributed by atoms with E-state index in [4.69, 9.17) is 4.99 Å². The van der Waals surface area contributed by atoms with Gasteiger partial charge in [0, 0.05) is 41.5 Å². The van der Waals surface area contributed by atoms with Gasteiger partial charge in [-0.05, 0) is 144 Å². The normalized spacial score (nSPS) is 15.7. The number of fused-ring (bicyclic) bond motifs is 1. The van der Waals surface area contributed by atoms with Crippen molar-refractivity contribution in [2.75, 3.05) is 38.5 Å². The molecule has 3 aliphatic heterocycles. The first-order valence-corrected chi connectivity index (χ1v) is 19.2. The maximum atomic E-state index is 10.1. The Morgan fingerprint density at radius 3 is 2.46 bits per heavy atom. The second-order valence-electron chi connectivity index (χ2n) is 14.9. The van der Waals surface area contributed by atoms with Gasteiger partial charge in [0.2, 0.25) is 0 Å². The number of likely N-dealkylation sites (tertiary alicyclic amines) is 2. The monoisotopic (exact) mass is 954 g/mol. The van der Waals surface area contributed by atoms with Crippen LogP contribution in [0.1, 0.15) is 90.5 Å². The number of rotatable bonds is 9. The van der Waals surface area contributed by atoms with Crippen molar-refractivity contribution < 1.29 is 0 Å². The number of nitriles is 1. The van der Waals surface area contributed by atoms with Gasteiger partial charge >= 0.3 is 0 Å². The Balaban J connectivity index is 0.000000730. The third-order valence-electron chi connectivity index (χ3n) is 10.8. The minimum atomic E-state index is 0. The van der Waals surface area contributed by atoms with Crippen LogP contribution < -0.4 is 5.32 Å². The summed E-state index contributed by atoms with van der Waals surface area (Å²) in [6.07, 6.45) is 13.0. The summed E-state index contributed by atoms with van der Waals surface area (Å²) in [5.41, 5.74) is 15.9. The molecule has 1 N–H and O–H groups in total. The molecule has 4 aromatic rings. The van der Waals surface area contributed by atoms with Gasteiger partial charge in [-0.2, -0.15) is 11.7 Å². The summed E-state index contributed by atoms with van der Waals surface area (Å²) >= 11 is 0. The van der Waals surface area contributed by atoms with E-state index in [0.29, 0.717) is 12.2 Å². The van der Waals surface area contributed by atoms with Crippen LogP contribution in [0.15, 0.2) is 70.3 Å². The number of hydrogen-bond donors (Lipinski definition) is 1. The molecule has 4 heterocycles. The second-order valence-corrected chi connectivity index (χ2v) is 14.9. The maximum Gasteiger partial charge on any atom is 0.156 e. The molecule has 3 aromatic carbocycles. The summed E-state index contributed by atoms with van der Waals surface area (Å²) in [6, 6.07) is 19.6. The van der Waals surface area contributed by atoms with Crippen LogP contribution >= 0.6 is 0 Å². The molecule has 0 unspecified atom stereocenters. The standard InChI is InChI=1S/C41H44N6.C5H10N.Cf/c1-7-26(2)18-31-14-15-44-41(40(31)43-6)46-37-13-11-12-33(29(37)5)34-19-27(3)20-35(28(34)4)39-23-36-32(24-42)21-30(22-38(36)45-39)25-47-16-9-8-10-17-47;1-6-4-2-3-5-6;/h11-15,18-22H,6-10,16-17,23,25H2,1-5H3,(H,44,46);2H,3-5H2,1H3;/q;-1;/b26-18-;;. The Labute approximate surface area is 317 Å². The van der Waals surface area contributed by atoms with Gasteiger partial charge in [-0.3, -0.25) is 14.9 Å². The number of aliphatic imine (C=N–C) groups is 2. The van der Waals surface area contributed by atoms with Crippen LogP contribution in [-0.4, -0.2) is 60.4 Å². The Kier molecular flexibility index (Phi) is 12.9. The van der Waals surface area contributed by atoms with Gasteiger partial charge in [0.15, 0.2) is 5.82 Å². The molecule has 0 spiro atoms. The number of aromatic nitrogens is 1. The number of piperidine rings is 1. The number of nitrogens with zero attached hydrogens (tertiary/aromatic N) is 6. The largest absolute Gasteiger partial charge is 0.338 e. The summed E-state index contributed by atoms with van der Waals surface area (Å²) in [6.45, 7) is 20.2. The first kappa shape index (κ1) is 39.3. The van der Waals surface area contributed by atoms with Crippen LogP contribution in [0.25, 0.3) is 17.2 Å². The van der Waals surface area contributed by atoms with Gasteiger partial charge in [-0.1, -0.05) is 43.2 Å². The summed E-state index contributed by atoms with van der Waals surface area (Å²) in [4.78, 5) is 19.0. The number of nitrogens with one attached hydrogen (secondary N) is 1. The molecule has 7 nitrogen and oxygen atoms in total. The smallest absolute Gasteiger partial charge is 0.156 e. The molecule has 0 aliphatic carbocycles. The van der Waals surface area contributed by atoms with E-state index in [-0.39, 0.29) is 0 Å². The summed E-state index contributed by atoms with van der Waals surface area (Å²) in [5, 5.41) is 13.7. The first-order chi connectivity index (χ1) is 25.7. The van der Waals surface area contributed by atoms with E-state index in [2.05, 4.69) is 135 Å². The molecule has 0 bridgehead atoms.